The van der Waals surface area contributed by atoms with Gasteiger partial charge in [0.15, 0.2) is 0 Å². The van der Waals surface area contributed by atoms with Gasteiger partial charge in [-0.05, 0) is 12.1 Å². The zero-order valence-electron chi connectivity index (χ0n) is 6.43. The minimum absolute atomic E-state index is 0.0456. The lowest BCUT2D eigenvalue weighted by atomic mass is 10.3. The molecule has 1 heterocycles. The fourth-order valence-corrected chi connectivity index (χ4v) is 0.844. The van der Waals surface area contributed by atoms with Crippen molar-refractivity contribution in [2.45, 2.75) is 12.8 Å². The molecule has 4 heteroatoms. The number of carboxylic acid groups (broad SMARTS) is 1. The van der Waals surface area contributed by atoms with Gasteiger partial charge < -0.3 is 5.11 Å². The molecule has 0 radical (unpaired) electrons. The molecule has 12 heavy (non-hydrogen) atoms. The first-order chi connectivity index (χ1) is 5.70. The lowest BCUT2D eigenvalue weighted by Crippen LogP contribution is -2.09. The Morgan fingerprint density at radius 1 is 1.17 bits per heavy atom. The topological polar surface area (TPSA) is 59.3 Å². The summed E-state index contributed by atoms with van der Waals surface area (Å²) in [6, 6.07) is 3.44. The fraction of sp³-hybridized carbons (Fsp3) is 0.250. The van der Waals surface area contributed by atoms with Crippen LogP contribution < -0.4 is 0 Å². The second-order valence-electron chi connectivity index (χ2n) is 2.38. The van der Waals surface area contributed by atoms with E-state index in [0.717, 1.165) is 0 Å². The van der Waals surface area contributed by atoms with Gasteiger partial charge in [0.2, 0.25) is 5.91 Å². The zero-order chi connectivity index (χ0) is 8.97. The van der Waals surface area contributed by atoms with Crippen molar-refractivity contribution in [3.8, 4) is 0 Å². The Morgan fingerprint density at radius 3 is 2.25 bits per heavy atom. The molecule has 0 aliphatic carbocycles. The van der Waals surface area contributed by atoms with Crippen molar-refractivity contribution in [2.75, 3.05) is 0 Å². The van der Waals surface area contributed by atoms with Crippen LogP contribution in [0.4, 0.5) is 0 Å². The molecular formula is C8H9NO3. The van der Waals surface area contributed by atoms with Gasteiger partial charge in [0.1, 0.15) is 0 Å². The Morgan fingerprint density at radius 2 is 1.75 bits per heavy atom. The Hall–Kier alpha value is -1.58. The molecule has 0 fully saturated rings. The van der Waals surface area contributed by atoms with Gasteiger partial charge in [-0.1, -0.05) is 0 Å². The molecule has 0 unspecified atom stereocenters. The van der Waals surface area contributed by atoms with Crippen LogP contribution in [0.5, 0.6) is 0 Å². The molecule has 0 atom stereocenters. The fourth-order valence-electron chi connectivity index (χ4n) is 0.844. The lowest BCUT2D eigenvalue weighted by molar-refractivity contribution is -0.136. The second-order valence-corrected chi connectivity index (χ2v) is 2.38. The van der Waals surface area contributed by atoms with Crippen molar-refractivity contribution < 1.29 is 14.7 Å². The normalized spacial score (nSPS) is 9.67. The van der Waals surface area contributed by atoms with E-state index in [4.69, 9.17) is 5.11 Å². The predicted octanol–water partition coefficient (Wildman–Crippen LogP) is 0.993. The molecule has 0 bridgehead atoms. The third kappa shape index (κ3) is 2.23. The van der Waals surface area contributed by atoms with Crippen LogP contribution in [-0.2, 0) is 4.79 Å². The Bertz CT molecular complexity index is 277. The molecule has 1 aromatic rings. The van der Waals surface area contributed by atoms with Gasteiger partial charge in [0.05, 0.1) is 6.42 Å². The third-order valence-electron chi connectivity index (χ3n) is 1.45. The van der Waals surface area contributed by atoms with Gasteiger partial charge in [-0.15, -0.1) is 0 Å². The molecule has 0 amide bonds. The summed E-state index contributed by atoms with van der Waals surface area (Å²) in [4.78, 5) is 21.2. The van der Waals surface area contributed by atoms with Crippen LogP contribution in [-0.4, -0.2) is 21.6 Å². The number of aliphatic carboxylic acids is 1. The van der Waals surface area contributed by atoms with E-state index in [1.807, 2.05) is 0 Å². The van der Waals surface area contributed by atoms with Crippen molar-refractivity contribution in [2.24, 2.45) is 0 Å². The number of hydrogen-bond acceptors (Lipinski definition) is 2. The maximum Gasteiger partial charge on any atom is 0.303 e. The monoisotopic (exact) mass is 167 g/mol. The van der Waals surface area contributed by atoms with Crippen LogP contribution in [0, 0.1) is 0 Å². The smallest absolute Gasteiger partial charge is 0.303 e. The maximum absolute atomic E-state index is 11.1. The van der Waals surface area contributed by atoms with Crippen molar-refractivity contribution >= 4 is 11.9 Å². The van der Waals surface area contributed by atoms with E-state index in [2.05, 4.69) is 0 Å². The molecule has 1 aromatic heterocycles. The van der Waals surface area contributed by atoms with Gasteiger partial charge in [-0.25, -0.2) is 0 Å². The van der Waals surface area contributed by atoms with E-state index in [1.165, 1.54) is 4.57 Å². The van der Waals surface area contributed by atoms with Crippen LogP contribution in [0.25, 0.3) is 0 Å². The van der Waals surface area contributed by atoms with Crippen molar-refractivity contribution in [1.82, 2.24) is 4.57 Å². The highest BCUT2D eigenvalue weighted by molar-refractivity contribution is 5.82. The summed E-state index contributed by atoms with van der Waals surface area (Å²) in [7, 11) is 0. The molecule has 0 aromatic carbocycles. The van der Waals surface area contributed by atoms with Gasteiger partial charge in [-0.3, -0.25) is 14.2 Å². The van der Waals surface area contributed by atoms with Crippen molar-refractivity contribution in [1.29, 1.82) is 0 Å². The van der Waals surface area contributed by atoms with E-state index < -0.39 is 5.97 Å². The van der Waals surface area contributed by atoms with E-state index in [0.29, 0.717) is 0 Å². The summed E-state index contributed by atoms with van der Waals surface area (Å²) >= 11 is 0. The maximum atomic E-state index is 11.1. The minimum Gasteiger partial charge on any atom is -0.481 e. The number of carbonyl (C=O) groups excluding carboxylic acids is 1. The Labute approximate surface area is 69.4 Å². The van der Waals surface area contributed by atoms with Gasteiger partial charge in [0.25, 0.3) is 0 Å². The van der Waals surface area contributed by atoms with E-state index in [-0.39, 0.29) is 18.7 Å². The van der Waals surface area contributed by atoms with Crippen LogP contribution in [0.1, 0.15) is 17.6 Å². The lowest BCUT2D eigenvalue weighted by Gasteiger charge is -1.97. The quantitative estimate of drug-likeness (QED) is 0.730. The van der Waals surface area contributed by atoms with E-state index in [1.54, 1.807) is 24.5 Å². The number of carbonyl (C=O) groups is 2. The number of hydrogen-bond donors (Lipinski definition) is 1. The summed E-state index contributed by atoms with van der Waals surface area (Å²) < 4.78 is 1.38. The average molecular weight is 167 g/mol. The highest BCUT2D eigenvalue weighted by Gasteiger charge is 2.05. The first-order valence-electron chi connectivity index (χ1n) is 3.58. The van der Waals surface area contributed by atoms with Crippen molar-refractivity contribution in [3.63, 3.8) is 0 Å². The molecule has 0 aliphatic rings. The van der Waals surface area contributed by atoms with Crippen LogP contribution in [0.2, 0.25) is 0 Å². The molecule has 1 N–H and O–H groups in total. The molecule has 0 saturated heterocycles. The highest BCUT2D eigenvalue weighted by Crippen LogP contribution is 1.96. The molecule has 0 spiro atoms. The summed E-state index contributed by atoms with van der Waals surface area (Å²) in [5, 5.41) is 8.30. The predicted molar refractivity (Wildman–Crippen MR) is 41.9 cm³/mol. The SMILES string of the molecule is O=C(O)CCC(=O)n1cccc1. The van der Waals surface area contributed by atoms with Gasteiger partial charge in [-0.2, -0.15) is 0 Å². The van der Waals surface area contributed by atoms with Crippen LogP contribution in [0.3, 0.4) is 0 Å². The zero-order valence-corrected chi connectivity index (χ0v) is 6.43. The standard InChI is InChI=1S/C8H9NO3/c10-7(3-4-8(11)12)9-5-1-2-6-9/h1-2,5-6H,3-4H2,(H,11,12). The molecule has 4 nitrogen and oxygen atoms in total. The number of aromatic nitrogens is 1. The number of carboxylic acids is 1. The Balaban J connectivity index is 2.45. The third-order valence-corrected chi connectivity index (χ3v) is 1.45. The first kappa shape index (κ1) is 8.52. The first-order valence-corrected chi connectivity index (χ1v) is 3.58. The van der Waals surface area contributed by atoms with Gasteiger partial charge in [0, 0.05) is 18.8 Å². The highest BCUT2D eigenvalue weighted by atomic mass is 16.4. The summed E-state index contributed by atoms with van der Waals surface area (Å²) in [5.74, 6) is -1.14. The van der Waals surface area contributed by atoms with Gasteiger partial charge >= 0.3 is 5.97 Å². The minimum atomic E-state index is -0.949. The molecule has 1 rings (SSSR count). The van der Waals surface area contributed by atoms with Crippen LogP contribution in [0.15, 0.2) is 24.5 Å². The van der Waals surface area contributed by atoms with E-state index in [9.17, 15) is 9.59 Å². The molecule has 0 aliphatic heterocycles. The largest absolute Gasteiger partial charge is 0.481 e. The second kappa shape index (κ2) is 3.71. The number of nitrogens with zero attached hydrogens (tertiary/aromatic N) is 1. The summed E-state index contributed by atoms with van der Waals surface area (Å²) in [6.07, 6.45) is 3.13. The van der Waals surface area contributed by atoms with Crippen molar-refractivity contribution in [3.05, 3.63) is 24.5 Å². The molecule has 0 saturated carbocycles. The molecular weight excluding hydrogens is 158 g/mol. The average Bonchev–Trinajstić information content (AvgIpc) is 2.51. The number of rotatable bonds is 3. The van der Waals surface area contributed by atoms with E-state index >= 15 is 0 Å². The molecule has 64 valence electrons. The Kier molecular flexibility index (Phi) is 2.63. The summed E-state index contributed by atoms with van der Waals surface area (Å²) in [6.45, 7) is 0. The summed E-state index contributed by atoms with van der Waals surface area (Å²) in [5.41, 5.74) is 0. The van der Waals surface area contributed by atoms with Crippen LogP contribution >= 0.6 is 0 Å².